The third-order valence-corrected chi connectivity index (χ3v) is 4.82. The molecule has 0 spiro atoms. The Morgan fingerprint density at radius 2 is 2.12 bits per heavy atom. The average Bonchev–Trinajstić information content (AvgIpc) is 3.16. The molecule has 2 atom stereocenters. The number of hydrogen-bond acceptors (Lipinski definition) is 6. The molecule has 2 aliphatic rings. The molecular formula is C17H22N6O2. The predicted molar refractivity (Wildman–Crippen MR) is 91.0 cm³/mol. The van der Waals surface area contributed by atoms with Crippen LogP contribution in [0.2, 0.25) is 0 Å². The molecule has 0 radical (unpaired) electrons. The highest BCUT2D eigenvalue weighted by molar-refractivity contribution is 5.78. The van der Waals surface area contributed by atoms with Gasteiger partial charge in [0.05, 0.1) is 24.8 Å². The van der Waals surface area contributed by atoms with Crippen LogP contribution in [0.5, 0.6) is 0 Å². The Kier molecular flexibility index (Phi) is 4.35. The van der Waals surface area contributed by atoms with Crippen LogP contribution >= 0.6 is 0 Å². The molecule has 8 nitrogen and oxygen atoms in total. The molecule has 0 aliphatic carbocycles. The number of fused-ring (bicyclic) bond motifs is 1. The Labute approximate surface area is 146 Å². The van der Waals surface area contributed by atoms with Gasteiger partial charge in [-0.05, 0) is 12.1 Å². The Hall–Kier alpha value is -2.48. The Morgan fingerprint density at radius 3 is 2.88 bits per heavy atom. The lowest BCUT2D eigenvalue weighted by molar-refractivity contribution is -0.130. The molecule has 2 aliphatic heterocycles. The quantitative estimate of drug-likeness (QED) is 0.788. The van der Waals surface area contributed by atoms with Crippen LogP contribution in [0.15, 0.2) is 30.7 Å². The number of aromatic nitrogens is 4. The maximum atomic E-state index is 12.6. The van der Waals surface area contributed by atoms with E-state index in [2.05, 4.69) is 20.0 Å². The summed E-state index contributed by atoms with van der Waals surface area (Å²) in [5, 5.41) is 4.29. The fourth-order valence-corrected chi connectivity index (χ4v) is 3.56. The SMILES string of the molecule is Cn1ccc(CC(=O)N2C[C@@H]3CN(c4ncccn4)CCO[C@@H]3C2)n1. The number of ether oxygens (including phenoxy) is 1. The number of amides is 1. The molecular weight excluding hydrogens is 320 g/mol. The lowest BCUT2D eigenvalue weighted by atomic mass is 10.1. The van der Waals surface area contributed by atoms with Crippen LogP contribution in [0.25, 0.3) is 0 Å². The summed E-state index contributed by atoms with van der Waals surface area (Å²) in [6, 6.07) is 3.70. The molecule has 25 heavy (non-hydrogen) atoms. The molecule has 8 heteroatoms. The maximum Gasteiger partial charge on any atom is 0.228 e. The number of rotatable bonds is 3. The van der Waals surface area contributed by atoms with Crippen LogP contribution < -0.4 is 4.90 Å². The van der Waals surface area contributed by atoms with Gasteiger partial charge in [0.25, 0.3) is 0 Å². The van der Waals surface area contributed by atoms with E-state index < -0.39 is 0 Å². The minimum Gasteiger partial charge on any atom is -0.374 e. The van der Waals surface area contributed by atoms with Gasteiger partial charge in [0.15, 0.2) is 0 Å². The number of hydrogen-bond donors (Lipinski definition) is 0. The van der Waals surface area contributed by atoms with Crippen molar-refractivity contribution in [3.63, 3.8) is 0 Å². The smallest absolute Gasteiger partial charge is 0.228 e. The van der Waals surface area contributed by atoms with Gasteiger partial charge in [-0.15, -0.1) is 0 Å². The zero-order chi connectivity index (χ0) is 17.2. The standard InChI is InChI=1S/C17H22N6O2/c1-21-6-3-14(20-21)9-16(24)23-11-13-10-22(7-8-25-15(13)12-23)17-18-4-2-5-19-17/h2-6,13,15H,7-12H2,1H3/t13-,15+/m0/s1. The number of nitrogens with zero attached hydrogens (tertiary/aromatic N) is 6. The van der Waals surface area contributed by atoms with Crippen molar-refractivity contribution in [1.29, 1.82) is 0 Å². The van der Waals surface area contributed by atoms with Crippen LogP contribution in [-0.4, -0.2) is 69.4 Å². The van der Waals surface area contributed by atoms with E-state index in [1.807, 2.05) is 30.3 Å². The van der Waals surface area contributed by atoms with Crippen molar-refractivity contribution in [2.45, 2.75) is 12.5 Å². The van der Waals surface area contributed by atoms with Gasteiger partial charge < -0.3 is 14.5 Å². The summed E-state index contributed by atoms with van der Waals surface area (Å²) in [7, 11) is 1.86. The van der Waals surface area contributed by atoms with E-state index in [-0.39, 0.29) is 17.9 Å². The summed E-state index contributed by atoms with van der Waals surface area (Å²) in [4.78, 5) is 25.3. The van der Waals surface area contributed by atoms with Crippen molar-refractivity contribution in [2.75, 3.05) is 37.7 Å². The number of aryl methyl sites for hydroxylation is 1. The minimum absolute atomic E-state index is 0.0846. The molecule has 2 saturated heterocycles. The lowest BCUT2D eigenvalue weighted by Gasteiger charge is -2.23. The summed E-state index contributed by atoms with van der Waals surface area (Å²) >= 11 is 0. The van der Waals surface area contributed by atoms with Gasteiger partial charge in [-0.2, -0.15) is 5.10 Å². The van der Waals surface area contributed by atoms with Gasteiger partial charge in [0, 0.05) is 57.7 Å². The molecule has 0 N–H and O–H groups in total. The van der Waals surface area contributed by atoms with E-state index in [0.29, 0.717) is 26.1 Å². The van der Waals surface area contributed by atoms with E-state index >= 15 is 0 Å². The predicted octanol–water partition coefficient (Wildman–Crippen LogP) is 0.116. The van der Waals surface area contributed by atoms with Gasteiger partial charge in [-0.25, -0.2) is 9.97 Å². The highest BCUT2D eigenvalue weighted by Gasteiger charge is 2.38. The second-order valence-corrected chi connectivity index (χ2v) is 6.62. The Morgan fingerprint density at radius 1 is 1.28 bits per heavy atom. The van der Waals surface area contributed by atoms with Crippen LogP contribution in [0.1, 0.15) is 5.69 Å². The lowest BCUT2D eigenvalue weighted by Crippen LogP contribution is -2.35. The number of anilines is 1. The Bertz CT molecular complexity index is 734. The molecule has 0 aromatic carbocycles. The molecule has 2 aromatic rings. The summed E-state index contributed by atoms with van der Waals surface area (Å²) in [5.74, 6) is 1.11. The van der Waals surface area contributed by atoms with Gasteiger partial charge in [-0.3, -0.25) is 9.48 Å². The van der Waals surface area contributed by atoms with E-state index in [9.17, 15) is 4.79 Å². The van der Waals surface area contributed by atoms with Crippen LogP contribution in [0.3, 0.4) is 0 Å². The molecule has 4 rings (SSSR count). The molecule has 0 saturated carbocycles. The topological polar surface area (TPSA) is 76.4 Å². The van der Waals surface area contributed by atoms with Crippen molar-refractivity contribution >= 4 is 11.9 Å². The molecule has 0 bridgehead atoms. The second-order valence-electron chi connectivity index (χ2n) is 6.62. The van der Waals surface area contributed by atoms with Gasteiger partial charge in [0.1, 0.15) is 0 Å². The highest BCUT2D eigenvalue weighted by atomic mass is 16.5. The first kappa shape index (κ1) is 16.0. The van der Waals surface area contributed by atoms with Crippen molar-refractivity contribution in [3.8, 4) is 0 Å². The van der Waals surface area contributed by atoms with E-state index in [1.165, 1.54) is 0 Å². The van der Waals surface area contributed by atoms with Crippen molar-refractivity contribution < 1.29 is 9.53 Å². The number of likely N-dealkylation sites (tertiary alicyclic amines) is 1. The summed E-state index contributed by atoms with van der Waals surface area (Å²) in [6.07, 6.45) is 5.79. The fourth-order valence-electron chi connectivity index (χ4n) is 3.56. The van der Waals surface area contributed by atoms with E-state index in [0.717, 1.165) is 24.7 Å². The first-order valence-corrected chi connectivity index (χ1v) is 8.59. The normalized spacial score (nSPS) is 23.4. The largest absolute Gasteiger partial charge is 0.374 e. The van der Waals surface area contributed by atoms with Crippen molar-refractivity contribution in [1.82, 2.24) is 24.6 Å². The minimum atomic E-state index is 0.0846. The van der Waals surface area contributed by atoms with E-state index in [1.54, 1.807) is 17.1 Å². The summed E-state index contributed by atoms with van der Waals surface area (Å²) < 4.78 is 7.72. The Balaban J connectivity index is 1.41. The second kappa shape index (κ2) is 6.79. The summed E-state index contributed by atoms with van der Waals surface area (Å²) in [6.45, 7) is 3.57. The highest BCUT2D eigenvalue weighted by Crippen LogP contribution is 2.25. The third kappa shape index (κ3) is 3.48. The monoisotopic (exact) mass is 342 g/mol. The zero-order valence-corrected chi connectivity index (χ0v) is 14.3. The fraction of sp³-hybridized carbons (Fsp3) is 0.529. The number of carbonyl (C=O) groups is 1. The summed E-state index contributed by atoms with van der Waals surface area (Å²) in [5.41, 5.74) is 0.805. The van der Waals surface area contributed by atoms with E-state index in [4.69, 9.17) is 4.74 Å². The molecule has 4 heterocycles. The maximum absolute atomic E-state index is 12.6. The van der Waals surface area contributed by atoms with Gasteiger partial charge >= 0.3 is 0 Å². The van der Waals surface area contributed by atoms with Crippen molar-refractivity contribution in [3.05, 3.63) is 36.4 Å². The molecule has 2 aromatic heterocycles. The van der Waals surface area contributed by atoms with Crippen LogP contribution in [-0.2, 0) is 23.0 Å². The zero-order valence-electron chi connectivity index (χ0n) is 14.3. The number of carbonyl (C=O) groups excluding carboxylic acids is 1. The first-order chi connectivity index (χ1) is 12.2. The first-order valence-electron chi connectivity index (χ1n) is 8.59. The molecule has 2 fully saturated rings. The van der Waals surface area contributed by atoms with Gasteiger partial charge in [0.2, 0.25) is 11.9 Å². The molecule has 1 amide bonds. The third-order valence-electron chi connectivity index (χ3n) is 4.82. The average molecular weight is 342 g/mol. The van der Waals surface area contributed by atoms with Crippen LogP contribution in [0.4, 0.5) is 5.95 Å². The van der Waals surface area contributed by atoms with Crippen LogP contribution in [0, 0.1) is 5.92 Å². The molecule has 0 unspecified atom stereocenters. The van der Waals surface area contributed by atoms with Gasteiger partial charge in [-0.1, -0.05) is 0 Å². The molecule has 132 valence electrons. The van der Waals surface area contributed by atoms with Crippen molar-refractivity contribution in [2.24, 2.45) is 13.0 Å².